The van der Waals surface area contributed by atoms with Crippen molar-refractivity contribution in [3.05, 3.63) is 356 Å². The first-order valence-electron chi connectivity index (χ1n) is 32.3. The lowest BCUT2D eigenvalue weighted by Crippen LogP contribution is -2.10. The molecule has 0 N–H and O–H groups in total. The molecule has 0 spiro atoms. The van der Waals surface area contributed by atoms with Crippen LogP contribution < -0.4 is 14.2 Å². The van der Waals surface area contributed by atoms with Crippen LogP contribution in [0.4, 0.5) is 0 Å². The Morgan fingerprint density at radius 3 is 0.415 bits per heavy atom. The maximum absolute atomic E-state index is 10.8. The Morgan fingerprint density at radius 1 is 0.217 bits per heavy atom. The molecule has 18 heteroatoms. The van der Waals surface area contributed by atoms with E-state index in [4.69, 9.17) is 14.2 Å². The summed E-state index contributed by atoms with van der Waals surface area (Å²) in [6.07, 6.45) is 4.79. The molecule has 0 aliphatic carbocycles. The van der Waals surface area contributed by atoms with Crippen molar-refractivity contribution < 1.29 is 62.1 Å². The summed E-state index contributed by atoms with van der Waals surface area (Å²) >= 11 is 0. The maximum Gasteiger partial charge on any atom is 0.175 e. The minimum absolute atomic E-state index is 0. The van der Waals surface area contributed by atoms with Gasteiger partial charge in [-0.25, -0.2) is 33.7 Å². The second-order valence-electron chi connectivity index (χ2n) is 22.7. The topological polar surface area (TPSA) is 192 Å². The van der Waals surface area contributed by atoms with E-state index in [1.54, 1.807) is 185 Å². The number of hydrogen-bond donors (Lipinski definition) is 0. The van der Waals surface area contributed by atoms with Gasteiger partial charge >= 0.3 is 0 Å². The highest BCUT2D eigenvalue weighted by Gasteiger charge is 2.11. The third-order valence-electron chi connectivity index (χ3n) is 12.1. The lowest BCUT2D eigenvalue weighted by atomic mass is 9.87. The first kappa shape index (κ1) is 105. The molecule has 0 heterocycles. The van der Waals surface area contributed by atoms with E-state index in [0.29, 0.717) is 25.0 Å². The number of methoxy groups -OCH3 is 6. The predicted octanol–water partition coefficient (Wildman–Crippen LogP) is 20.5. The van der Waals surface area contributed by atoms with Crippen LogP contribution in [-0.4, -0.2) is 123 Å². The molecule has 0 aliphatic rings. The molecule has 580 valence electrons. The summed E-state index contributed by atoms with van der Waals surface area (Å²) in [4.78, 5) is 1.48. The second-order valence-corrected chi connectivity index (χ2v) is 30.8. The number of para-hydroxylation sites is 3. The second kappa shape index (κ2) is 65.1. The number of rotatable bonds is 7. The predicted molar refractivity (Wildman–Crippen MR) is 448 cm³/mol. The summed E-state index contributed by atoms with van der Waals surface area (Å²) < 4.78 is 114. The SMILES string of the molecule is C.C.CC(C)(C)c1ccccc1.COC.COC.COC.COc1ccccc1.COc1ccccc1.COc1ccccc1.CS(=O)(=O)c1ccccc1.CS(=O)(=O)c1ccccc1.CS(=O)(=O)c1ccccc1.CS(=O)(=O)c1ccccc1.Cc1ccccc1.Cc1ccccc1.Cc1ccccc1. The Hall–Kier alpha value is -9.50. The quantitative estimate of drug-likeness (QED) is 0.146. The van der Waals surface area contributed by atoms with Crippen LogP contribution in [0.5, 0.6) is 17.2 Å². The van der Waals surface area contributed by atoms with Crippen molar-refractivity contribution >= 4 is 39.3 Å². The molecule has 11 rings (SSSR count). The minimum Gasteiger partial charge on any atom is -0.497 e. The third kappa shape index (κ3) is 63.0. The van der Waals surface area contributed by atoms with Crippen molar-refractivity contribution in [2.45, 2.75) is 81.4 Å². The molecule has 0 aliphatic heterocycles. The molecule has 0 saturated heterocycles. The Labute approximate surface area is 640 Å². The Morgan fingerprint density at radius 2 is 0.340 bits per heavy atom. The molecular weight excluding hydrogens is 1410 g/mol. The number of hydrogen-bond acceptors (Lipinski definition) is 14. The van der Waals surface area contributed by atoms with Crippen LogP contribution in [0, 0.1) is 20.8 Å². The van der Waals surface area contributed by atoms with Crippen LogP contribution in [0.15, 0.2) is 353 Å². The fraction of sp³-hybridized carbons (Fsp3) is 0.250. The molecule has 0 saturated carbocycles. The zero-order chi connectivity index (χ0) is 79.0. The van der Waals surface area contributed by atoms with Gasteiger partial charge in [-0.2, -0.15) is 0 Å². The molecule has 0 fully saturated rings. The number of aryl methyl sites for hydroxylation is 3. The lowest BCUT2D eigenvalue weighted by molar-refractivity contribution is 0.277. The van der Waals surface area contributed by atoms with E-state index in [0.717, 1.165) is 17.2 Å². The van der Waals surface area contributed by atoms with Crippen molar-refractivity contribution in [2.24, 2.45) is 0 Å². The number of benzene rings is 11. The average molecular weight is 1530 g/mol. The number of ether oxygens (including phenoxy) is 6. The third-order valence-corrected chi connectivity index (χ3v) is 16.6. The van der Waals surface area contributed by atoms with Crippen molar-refractivity contribution in [1.82, 2.24) is 0 Å². The monoisotopic (exact) mass is 1530 g/mol. The van der Waals surface area contributed by atoms with E-state index in [9.17, 15) is 33.7 Å². The zero-order valence-electron chi connectivity index (χ0n) is 64.1. The minimum atomic E-state index is -3.00. The standard InChI is InChI=1S/C10H14.4C7H8O2S.3C7H8O.3C7H8.3C2H6O.2CH4/c1-10(2,3)9-7-5-4-6-8-9;4*1-10(8,9)7-5-3-2-4-6-7;3*1-8-7-5-3-2-4-6-7;3*1-7-5-3-2-4-6-7;3*1-3-2;;/h4-8H,1-3H3;4*2-6H,1H3;3*2-6H,1H3;3*2-6H,1H3;3*1-2H3;2*1H4. The smallest absolute Gasteiger partial charge is 0.175 e. The molecule has 0 amide bonds. The van der Waals surface area contributed by atoms with Crippen LogP contribution in [0.3, 0.4) is 0 Å². The van der Waals surface area contributed by atoms with Gasteiger partial charge < -0.3 is 28.4 Å². The van der Waals surface area contributed by atoms with E-state index in [2.05, 4.69) is 122 Å². The van der Waals surface area contributed by atoms with Crippen LogP contribution in [0.2, 0.25) is 0 Å². The van der Waals surface area contributed by atoms with E-state index in [1.807, 2.05) is 146 Å². The van der Waals surface area contributed by atoms with Crippen LogP contribution in [0.1, 0.15) is 57.9 Å². The van der Waals surface area contributed by atoms with Gasteiger partial charge in [-0.3, -0.25) is 0 Å². The normalized spacial score (nSPS) is 9.54. The highest BCUT2D eigenvalue weighted by Crippen LogP contribution is 2.21. The molecule has 0 radical (unpaired) electrons. The van der Waals surface area contributed by atoms with Crippen LogP contribution in [0.25, 0.3) is 0 Å². The fourth-order valence-corrected chi connectivity index (χ4v) is 9.49. The highest BCUT2D eigenvalue weighted by molar-refractivity contribution is 7.91. The molecule has 11 aromatic rings. The molecule has 0 bridgehead atoms. The van der Waals surface area contributed by atoms with Gasteiger partial charge in [-0.05, 0) is 117 Å². The largest absolute Gasteiger partial charge is 0.497 e. The van der Waals surface area contributed by atoms with Crippen LogP contribution >= 0.6 is 0 Å². The van der Waals surface area contributed by atoms with Crippen molar-refractivity contribution in [2.75, 3.05) is 89.0 Å². The Bertz CT molecular complexity index is 3720. The van der Waals surface area contributed by atoms with Gasteiger partial charge in [0, 0.05) is 67.7 Å². The summed E-state index contributed by atoms with van der Waals surface area (Å²) in [5.41, 5.74) is 5.66. The molecular formula is C88H120O14S4. The van der Waals surface area contributed by atoms with Gasteiger partial charge in [0.05, 0.1) is 40.9 Å². The van der Waals surface area contributed by atoms with Gasteiger partial charge in [0.1, 0.15) is 17.2 Å². The first-order valence-corrected chi connectivity index (χ1v) is 39.9. The summed E-state index contributed by atoms with van der Waals surface area (Å²) in [6, 6.07) is 104. The van der Waals surface area contributed by atoms with E-state index in [1.165, 1.54) is 47.3 Å². The molecule has 0 aromatic heterocycles. The van der Waals surface area contributed by atoms with Crippen molar-refractivity contribution in [3.8, 4) is 17.2 Å². The lowest BCUT2D eigenvalue weighted by Gasteiger charge is -2.18. The van der Waals surface area contributed by atoms with Crippen molar-refractivity contribution in [1.29, 1.82) is 0 Å². The van der Waals surface area contributed by atoms with Gasteiger partial charge in [0.15, 0.2) is 39.3 Å². The zero-order valence-corrected chi connectivity index (χ0v) is 67.4. The molecule has 106 heavy (non-hydrogen) atoms. The van der Waals surface area contributed by atoms with Gasteiger partial charge in [-0.15, -0.1) is 0 Å². The van der Waals surface area contributed by atoms with Crippen molar-refractivity contribution in [3.63, 3.8) is 0 Å². The van der Waals surface area contributed by atoms with Gasteiger partial charge in [0.2, 0.25) is 0 Å². The molecule has 14 nitrogen and oxygen atoms in total. The molecule has 0 unspecified atom stereocenters. The van der Waals surface area contributed by atoms with Gasteiger partial charge in [0.25, 0.3) is 0 Å². The van der Waals surface area contributed by atoms with E-state index >= 15 is 0 Å². The van der Waals surface area contributed by atoms with E-state index < -0.39 is 39.3 Å². The number of sulfone groups is 4. The molecule has 11 aromatic carbocycles. The van der Waals surface area contributed by atoms with Gasteiger partial charge in [-0.1, -0.05) is 301 Å². The highest BCUT2D eigenvalue weighted by atomic mass is 32.2. The van der Waals surface area contributed by atoms with Crippen LogP contribution in [-0.2, 0) is 59.0 Å². The molecule has 0 atom stereocenters. The van der Waals surface area contributed by atoms with E-state index in [-0.39, 0.29) is 14.9 Å². The summed E-state index contributed by atoms with van der Waals surface area (Å²) in [5, 5.41) is 0. The fourth-order valence-electron chi connectivity index (χ4n) is 6.88. The first-order chi connectivity index (χ1) is 49.2. The maximum atomic E-state index is 10.8. The summed E-state index contributed by atoms with van der Waals surface area (Å²) in [7, 11) is 2.72. The summed E-state index contributed by atoms with van der Waals surface area (Å²) in [6.45, 7) is 12.9. The Balaban J connectivity index is -0.000000349. The summed E-state index contributed by atoms with van der Waals surface area (Å²) in [5.74, 6) is 2.73. The average Bonchev–Trinajstić information content (AvgIpc) is 0.904. The Kier molecular flexibility index (Phi) is 64.5.